The van der Waals surface area contributed by atoms with Crippen molar-refractivity contribution in [1.29, 1.82) is 0 Å². The second-order valence-electron chi connectivity index (χ2n) is 3.64. The predicted molar refractivity (Wildman–Crippen MR) is 47.8 cm³/mol. The molecule has 14 heavy (non-hydrogen) atoms. The average molecular weight is 196 g/mol. The smallest absolute Gasteiger partial charge is 0.320 e. The van der Waals surface area contributed by atoms with E-state index in [0.29, 0.717) is 11.6 Å². The van der Waals surface area contributed by atoms with Crippen molar-refractivity contribution in [2.24, 2.45) is 5.73 Å². The SMILES string of the molecule is N[C@@H](Cc1cc(C2CC2)on1)C(=O)O. The van der Waals surface area contributed by atoms with Crippen LogP contribution < -0.4 is 5.73 Å². The van der Waals surface area contributed by atoms with Crippen molar-refractivity contribution in [3.63, 3.8) is 0 Å². The van der Waals surface area contributed by atoms with Crippen LogP contribution in [-0.2, 0) is 11.2 Å². The fourth-order valence-corrected chi connectivity index (χ4v) is 1.30. The summed E-state index contributed by atoms with van der Waals surface area (Å²) >= 11 is 0. The molecule has 0 unspecified atom stereocenters. The Morgan fingerprint density at radius 1 is 1.79 bits per heavy atom. The molecule has 0 aromatic carbocycles. The molecule has 1 aromatic heterocycles. The number of carboxylic acid groups (broad SMARTS) is 1. The van der Waals surface area contributed by atoms with E-state index in [9.17, 15) is 4.79 Å². The largest absolute Gasteiger partial charge is 0.480 e. The molecule has 1 aliphatic carbocycles. The van der Waals surface area contributed by atoms with Crippen molar-refractivity contribution in [3.05, 3.63) is 17.5 Å². The number of hydrogen-bond donors (Lipinski definition) is 2. The van der Waals surface area contributed by atoms with Crippen LogP contribution in [0, 0.1) is 0 Å². The third kappa shape index (κ3) is 1.93. The normalized spacial score (nSPS) is 18.1. The molecule has 0 bridgehead atoms. The Morgan fingerprint density at radius 2 is 2.50 bits per heavy atom. The molecule has 5 heteroatoms. The number of carboxylic acids is 1. The van der Waals surface area contributed by atoms with Crippen molar-refractivity contribution in [2.75, 3.05) is 0 Å². The molecule has 1 aliphatic rings. The average Bonchev–Trinajstić information content (AvgIpc) is 2.88. The standard InChI is InChI=1S/C9H12N2O3/c10-7(9(12)13)3-6-4-8(14-11-6)5-1-2-5/h4-5,7H,1-3,10H2,(H,12,13)/t7-/m0/s1. The Labute approximate surface area is 80.9 Å². The van der Waals surface area contributed by atoms with Gasteiger partial charge in [-0.3, -0.25) is 4.79 Å². The summed E-state index contributed by atoms with van der Waals surface area (Å²) < 4.78 is 5.07. The van der Waals surface area contributed by atoms with Gasteiger partial charge in [0, 0.05) is 18.4 Å². The minimum absolute atomic E-state index is 0.228. The van der Waals surface area contributed by atoms with Crippen LogP contribution in [0.3, 0.4) is 0 Å². The summed E-state index contributed by atoms with van der Waals surface area (Å²) in [6, 6.07) is 0.910. The van der Waals surface area contributed by atoms with Crippen LogP contribution in [0.1, 0.15) is 30.2 Å². The maximum absolute atomic E-state index is 10.5. The Kier molecular flexibility index (Phi) is 2.25. The van der Waals surface area contributed by atoms with Crippen molar-refractivity contribution < 1.29 is 14.4 Å². The Hall–Kier alpha value is -1.36. The van der Waals surface area contributed by atoms with Gasteiger partial charge in [-0.05, 0) is 12.8 Å². The number of hydrogen-bond acceptors (Lipinski definition) is 4. The van der Waals surface area contributed by atoms with Crippen LogP contribution in [0.25, 0.3) is 0 Å². The highest BCUT2D eigenvalue weighted by Gasteiger charge is 2.28. The van der Waals surface area contributed by atoms with E-state index >= 15 is 0 Å². The summed E-state index contributed by atoms with van der Waals surface area (Å²) in [5.41, 5.74) is 5.99. The van der Waals surface area contributed by atoms with Gasteiger partial charge >= 0.3 is 5.97 Å². The highest BCUT2D eigenvalue weighted by atomic mass is 16.5. The van der Waals surface area contributed by atoms with Gasteiger partial charge in [0.05, 0.1) is 5.69 Å². The minimum Gasteiger partial charge on any atom is -0.480 e. The number of carbonyl (C=O) groups is 1. The van der Waals surface area contributed by atoms with E-state index in [1.807, 2.05) is 0 Å². The number of aromatic nitrogens is 1. The molecule has 1 saturated carbocycles. The highest BCUT2D eigenvalue weighted by molar-refractivity contribution is 5.73. The Balaban J connectivity index is 1.98. The molecule has 0 amide bonds. The van der Waals surface area contributed by atoms with Crippen LogP contribution >= 0.6 is 0 Å². The van der Waals surface area contributed by atoms with Crippen LogP contribution in [0.4, 0.5) is 0 Å². The van der Waals surface area contributed by atoms with E-state index in [0.717, 1.165) is 18.6 Å². The van der Waals surface area contributed by atoms with E-state index in [-0.39, 0.29) is 6.42 Å². The van der Waals surface area contributed by atoms with E-state index in [2.05, 4.69) is 5.16 Å². The molecular weight excluding hydrogens is 184 g/mol. The first-order chi connectivity index (χ1) is 6.66. The maximum Gasteiger partial charge on any atom is 0.320 e. The lowest BCUT2D eigenvalue weighted by atomic mass is 10.1. The second kappa shape index (κ2) is 3.42. The van der Waals surface area contributed by atoms with Gasteiger partial charge < -0.3 is 15.4 Å². The highest BCUT2D eigenvalue weighted by Crippen LogP contribution is 2.40. The van der Waals surface area contributed by atoms with Crippen molar-refractivity contribution in [1.82, 2.24) is 5.16 Å². The number of nitrogens with zero attached hydrogens (tertiary/aromatic N) is 1. The second-order valence-corrected chi connectivity index (χ2v) is 3.64. The van der Waals surface area contributed by atoms with E-state index in [1.54, 1.807) is 6.07 Å². The molecule has 5 nitrogen and oxygen atoms in total. The number of aliphatic carboxylic acids is 1. The molecule has 0 saturated heterocycles. The van der Waals surface area contributed by atoms with Gasteiger partial charge in [-0.1, -0.05) is 5.16 Å². The molecule has 0 aliphatic heterocycles. The summed E-state index contributed by atoms with van der Waals surface area (Å²) in [4.78, 5) is 10.5. The third-order valence-electron chi connectivity index (χ3n) is 2.30. The van der Waals surface area contributed by atoms with Gasteiger partial charge in [-0.2, -0.15) is 0 Å². The first-order valence-corrected chi connectivity index (χ1v) is 4.60. The molecule has 3 N–H and O–H groups in total. The summed E-state index contributed by atoms with van der Waals surface area (Å²) in [6.07, 6.45) is 2.50. The zero-order valence-electron chi connectivity index (χ0n) is 7.64. The van der Waals surface area contributed by atoms with Crippen LogP contribution in [-0.4, -0.2) is 22.3 Å². The molecule has 1 fully saturated rings. The maximum atomic E-state index is 10.5. The molecule has 0 spiro atoms. The topological polar surface area (TPSA) is 89.4 Å². The fraction of sp³-hybridized carbons (Fsp3) is 0.556. The molecular formula is C9H12N2O3. The zero-order chi connectivity index (χ0) is 10.1. The van der Waals surface area contributed by atoms with Gasteiger partial charge in [0.25, 0.3) is 0 Å². The molecule has 76 valence electrons. The number of nitrogens with two attached hydrogens (primary N) is 1. The van der Waals surface area contributed by atoms with Crippen LogP contribution in [0.15, 0.2) is 10.6 Å². The minimum atomic E-state index is -1.01. The molecule has 0 radical (unpaired) electrons. The zero-order valence-corrected chi connectivity index (χ0v) is 7.64. The van der Waals surface area contributed by atoms with Crippen LogP contribution in [0.2, 0.25) is 0 Å². The van der Waals surface area contributed by atoms with E-state index in [4.69, 9.17) is 15.4 Å². The van der Waals surface area contributed by atoms with E-state index < -0.39 is 12.0 Å². The first kappa shape index (κ1) is 9.21. The van der Waals surface area contributed by atoms with Gasteiger partial charge in [0.15, 0.2) is 0 Å². The monoisotopic (exact) mass is 196 g/mol. The summed E-state index contributed by atoms with van der Waals surface area (Å²) in [7, 11) is 0. The quantitative estimate of drug-likeness (QED) is 0.732. The van der Waals surface area contributed by atoms with Gasteiger partial charge in [0.2, 0.25) is 0 Å². The summed E-state index contributed by atoms with van der Waals surface area (Å²) in [5.74, 6) is 0.343. The third-order valence-corrected chi connectivity index (χ3v) is 2.30. The molecule has 1 aromatic rings. The number of rotatable bonds is 4. The van der Waals surface area contributed by atoms with Crippen molar-refractivity contribution in [3.8, 4) is 0 Å². The predicted octanol–water partition coefficient (Wildman–Crippen LogP) is 0.506. The van der Waals surface area contributed by atoms with Crippen molar-refractivity contribution in [2.45, 2.75) is 31.2 Å². The van der Waals surface area contributed by atoms with E-state index in [1.165, 1.54) is 0 Å². The molecule has 1 heterocycles. The Morgan fingerprint density at radius 3 is 3.07 bits per heavy atom. The lowest BCUT2D eigenvalue weighted by Crippen LogP contribution is -2.32. The Bertz CT molecular complexity index is 344. The van der Waals surface area contributed by atoms with Gasteiger partial charge in [0.1, 0.15) is 11.8 Å². The van der Waals surface area contributed by atoms with Gasteiger partial charge in [-0.25, -0.2) is 0 Å². The molecule has 1 atom stereocenters. The molecule has 2 rings (SSSR count). The lowest BCUT2D eigenvalue weighted by Gasteiger charge is -2.00. The first-order valence-electron chi connectivity index (χ1n) is 4.60. The summed E-state index contributed by atoms with van der Waals surface area (Å²) in [5, 5.41) is 12.4. The van der Waals surface area contributed by atoms with Crippen molar-refractivity contribution >= 4 is 5.97 Å². The van der Waals surface area contributed by atoms with Gasteiger partial charge in [-0.15, -0.1) is 0 Å². The van der Waals surface area contributed by atoms with Crippen LogP contribution in [0.5, 0.6) is 0 Å². The fourth-order valence-electron chi connectivity index (χ4n) is 1.30. The lowest BCUT2D eigenvalue weighted by molar-refractivity contribution is -0.138. The summed E-state index contributed by atoms with van der Waals surface area (Å²) in [6.45, 7) is 0.